The summed E-state index contributed by atoms with van der Waals surface area (Å²) in [7, 11) is -2.44. The van der Waals surface area contributed by atoms with Gasteiger partial charge in [-0.25, -0.2) is 8.42 Å². The Labute approximate surface area is 82.5 Å². The molecule has 0 aromatic heterocycles. The first-order chi connectivity index (χ1) is 6.13. The molecule has 0 amide bonds. The highest BCUT2D eigenvalue weighted by molar-refractivity contribution is 7.71. The highest BCUT2D eigenvalue weighted by atomic mass is 35.5. The van der Waals surface area contributed by atoms with Gasteiger partial charge in [-0.2, -0.15) is 5.26 Å². The SMILES string of the molecule is N#Cc1ccc(C[SH](=O)=O)cc1Cl. The number of hydrogen-bond acceptors (Lipinski definition) is 3. The molecule has 0 N–H and O–H groups in total. The Morgan fingerprint density at radius 2 is 2.15 bits per heavy atom. The Morgan fingerprint density at radius 1 is 1.46 bits per heavy atom. The number of benzene rings is 1. The number of hydrogen-bond donors (Lipinski definition) is 1. The number of rotatable bonds is 2. The van der Waals surface area contributed by atoms with Gasteiger partial charge in [0, 0.05) is 0 Å². The molecular weight excluding hydrogens is 210 g/mol. The van der Waals surface area contributed by atoms with Crippen molar-refractivity contribution < 1.29 is 8.42 Å². The molecule has 0 aliphatic carbocycles. The summed E-state index contributed by atoms with van der Waals surface area (Å²) in [6.07, 6.45) is 0. The number of thiol groups is 1. The first kappa shape index (κ1) is 10.0. The average Bonchev–Trinajstić information content (AvgIpc) is 2.03. The molecule has 5 heteroatoms. The van der Waals surface area contributed by atoms with Crippen molar-refractivity contribution in [3.8, 4) is 6.07 Å². The van der Waals surface area contributed by atoms with Gasteiger partial charge in [-0.15, -0.1) is 0 Å². The van der Waals surface area contributed by atoms with Crippen LogP contribution in [0.1, 0.15) is 11.1 Å². The third kappa shape index (κ3) is 2.72. The smallest absolute Gasteiger partial charge is 0.144 e. The molecule has 1 aromatic carbocycles. The van der Waals surface area contributed by atoms with E-state index >= 15 is 0 Å². The van der Waals surface area contributed by atoms with E-state index in [4.69, 9.17) is 16.9 Å². The Hall–Kier alpha value is -1.05. The molecule has 0 heterocycles. The zero-order valence-corrected chi connectivity index (χ0v) is 8.18. The molecule has 1 aromatic rings. The maximum Gasteiger partial charge on any atom is 0.144 e. The van der Waals surface area contributed by atoms with Crippen LogP contribution in [0, 0.1) is 11.3 Å². The van der Waals surface area contributed by atoms with Gasteiger partial charge < -0.3 is 0 Å². The monoisotopic (exact) mass is 215 g/mol. The number of nitrogens with zero attached hydrogens (tertiary/aromatic N) is 1. The maximum absolute atomic E-state index is 10.4. The van der Waals surface area contributed by atoms with Crippen LogP contribution in [0.4, 0.5) is 0 Å². The summed E-state index contributed by atoms with van der Waals surface area (Å²) in [4.78, 5) is 0. The molecule has 0 saturated heterocycles. The molecule has 0 atom stereocenters. The van der Waals surface area contributed by atoms with Crippen LogP contribution in [0.15, 0.2) is 18.2 Å². The van der Waals surface area contributed by atoms with Gasteiger partial charge in [0.15, 0.2) is 0 Å². The normalized spacial score (nSPS) is 9.92. The topological polar surface area (TPSA) is 57.9 Å². The van der Waals surface area contributed by atoms with Gasteiger partial charge >= 0.3 is 0 Å². The van der Waals surface area contributed by atoms with E-state index in [9.17, 15) is 8.42 Å². The number of nitriles is 1. The standard InChI is InChI=1S/C8H6ClNO2S/c9-8-3-6(5-13(11)12)1-2-7(8)4-10/h1-3,13H,5H2. The third-order valence-electron chi connectivity index (χ3n) is 1.47. The van der Waals surface area contributed by atoms with Crippen LogP contribution in [0.3, 0.4) is 0 Å². The Morgan fingerprint density at radius 3 is 2.62 bits per heavy atom. The lowest BCUT2D eigenvalue weighted by atomic mass is 10.2. The van der Waals surface area contributed by atoms with Gasteiger partial charge in [-0.05, 0) is 17.7 Å². The summed E-state index contributed by atoms with van der Waals surface area (Å²) < 4.78 is 20.7. The zero-order valence-electron chi connectivity index (χ0n) is 6.53. The molecular formula is C8H6ClNO2S. The molecule has 0 radical (unpaired) electrons. The van der Waals surface area contributed by atoms with Crippen LogP contribution in [0.5, 0.6) is 0 Å². The fourth-order valence-corrected chi connectivity index (χ4v) is 1.64. The predicted octanol–water partition coefficient (Wildman–Crippen LogP) is 1.32. The highest BCUT2D eigenvalue weighted by Gasteiger charge is 2.01. The second kappa shape index (κ2) is 4.26. The summed E-state index contributed by atoms with van der Waals surface area (Å²) in [5.41, 5.74) is 0.951. The van der Waals surface area contributed by atoms with Gasteiger partial charge in [0.25, 0.3) is 0 Å². The summed E-state index contributed by atoms with van der Waals surface area (Å²) in [5.74, 6) is -0.0409. The molecule has 68 valence electrons. The van der Waals surface area contributed by atoms with Crippen molar-refractivity contribution in [1.29, 1.82) is 5.26 Å². The Kier molecular flexibility index (Phi) is 3.29. The lowest BCUT2D eigenvalue weighted by Gasteiger charge is -1.97. The molecule has 3 nitrogen and oxygen atoms in total. The molecule has 0 aliphatic heterocycles. The van der Waals surface area contributed by atoms with Crippen molar-refractivity contribution in [2.45, 2.75) is 5.75 Å². The average molecular weight is 216 g/mol. The van der Waals surface area contributed by atoms with Gasteiger partial charge in [0.05, 0.1) is 16.3 Å². The van der Waals surface area contributed by atoms with Gasteiger partial charge in [-0.1, -0.05) is 17.7 Å². The first-order valence-corrected chi connectivity index (χ1v) is 5.18. The minimum atomic E-state index is -2.44. The van der Waals surface area contributed by atoms with Crippen molar-refractivity contribution in [2.75, 3.05) is 0 Å². The van der Waals surface area contributed by atoms with Crippen LogP contribution in [0.25, 0.3) is 0 Å². The van der Waals surface area contributed by atoms with Crippen LogP contribution < -0.4 is 0 Å². The lowest BCUT2D eigenvalue weighted by molar-refractivity contribution is 0.614. The van der Waals surface area contributed by atoms with Crippen molar-refractivity contribution in [3.63, 3.8) is 0 Å². The lowest BCUT2D eigenvalue weighted by Crippen LogP contribution is -1.87. The second-order valence-electron chi connectivity index (χ2n) is 2.42. The highest BCUT2D eigenvalue weighted by Crippen LogP contribution is 2.17. The number of halogens is 1. The van der Waals surface area contributed by atoms with Crippen molar-refractivity contribution >= 4 is 22.3 Å². The fourth-order valence-electron chi connectivity index (χ4n) is 0.897. The quantitative estimate of drug-likeness (QED) is 0.758. The molecule has 0 spiro atoms. The zero-order chi connectivity index (χ0) is 9.84. The van der Waals surface area contributed by atoms with E-state index in [-0.39, 0.29) is 10.8 Å². The summed E-state index contributed by atoms with van der Waals surface area (Å²) in [6.45, 7) is 0. The molecule has 1 rings (SSSR count). The molecule has 0 unspecified atom stereocenters. The molecule has 0 fully saturated rings. The van der Waals surface area contributed by atoms with Crippen molar-refractivity contribution in [2.24, 2.45) is 0 Å². The van der Waals surface area contributed by atoms with Gasteiger partial charge in [0.2, 0.25) is 0 Å². The van der Waals surface area contributed by atoms with E-state index in [0.29, 0.717) is 11.1 Å². The van der Waals surface area contributed by atoms with E-state index in [1.54, 1.807) is 6.07 Å². The van der Waals surface area contributed by atoms with E-state index < -0.39 is 10.7 Å². The van der Waals surface area contributed by atoms with E-state index in [2.05, 4.69) is 0 Å². The Bertz CT molecular complexity index is 426. The third-order valence-corrected chi connectivity index (χ3v) is 2.40. The minimum absolute atomic E-state index is 0.0409. The van der Waals surface area contributed by atoms with Crippen molar-refractivity contribution in [1.82, 2.24) is 0 Å². The largest absolute Gasteiger partial charge is 0.232 e. The van der Waals surface area contributed by atoms with E-state index in [1.807, 2.05) is 6.07 Å². The molecule has 13 heavy (non-hydrogen) atoms. The van der Waals surface area contributed by atoms with Gasteiger partial charge in [-0.3, -0.25) is 0 Å². The van der Waals surface area contributed by atoms with Crippen LogP contribution >= 0.6 is 11.6 Å². The summed E-state index contributed by atoms with van der Waals surface area (Å²) in [5, 5.41) is 8.83. The molecule has 0 saturated carbocycles. The second-order valence-corrected chi connectivity index (χ2v) is 3.81. The molecule has 0 aliphatic rings. The summed E-state index contributed by atoms with van der Waals surface area (Å²) >= 11 is 5.69. The summed E-state index contributed by atoms with van der Waals surface area (Å²) in [6, 6.07) is 6.47. The maximum atomic E-state index is 10.4. The minimum Gasteiger partial charge on any atom is -0.232 e. The predicted molar refractivity (Wildman–Crippen MR) is 50.2 cm³/mol. The van der Waals surface area contributed by atoms with Gasteiger partial charge in [0.1, 0.15) is 16.8 Å². The van der Waals surface area contributed by atoms with Crippen LogP contribution in [-0.2, 0) is 16.5 Å². The van der Waals surface area contributed by atoms with E-state index in [1.165, 1.54) is 12.1 Å². The first-order valence-electron chi connectivity index (χ1n) is 3.44. The van der Waals surface area contributed by atoms with E-state index in [0.717, 1.165) is 0 Å². The van der Waals surface area contributed by atoms with Crippen molar-refractivity contribution in [3.05, 3.63) is 34.3 Å². The van der Waals surface area contributed by atoms with Crippen LogP contribution in [-0.4, -0.2) is 8.42 Å². The fraction of sp³-hybridized carbons (Fsp3) is 0.125. The molecule has 0 bridgehead atoms. The van der Waals surface area contributed by atoms with Crippen LogP contribution in [0.2, 0.25) is 5.02 Å². The Balaban J connectivity index is 3.04.